The Labute approximate surface area is 106 Å². The standard InChI is InChI=1S/C13H17N3O2/c1-4-14-9(2)12-15-16-13(18-12)10-7-5-6-8-11(10)17-3/h5-9,14H,4H2,1-3H3. The molecule has 1 heterocycles. The van der Waals surface area contributed by atoms with Gasteiger partial charge in [-0.2, -0.15) is 0 Å². The fourth-order valence-electron chi connectivity index (χ4n) is 1.73. The predicted molar refractivity (Wildman–Crippen MR) is 68.4 cm³/mol. The SMILES string of the molecule is CCNC(C)c1nnc(-c2ccccc2OC)o1. The number of methoxy groups -OCH3 is 1. The maximum Gasteiger partial charge on any atom is 0.251 e. The van der Waals surface area contributed by atoms with E-state index in [-0.39, 0.29) is 6.04 Å². The molecule has 0 saturated carbocycles. The number of hydrogen-bond acceptors (Lipinski definition) is 5. The van der Waals surface area contributed by atoms with Gasteiger partial charge in [0.2, 0.25) is 5.89 Å². The van der Waals surface area contributed by atoms with E-state index in [1.807, 2.05) is 38.1 Å². The minimum atomic E-state index is 0.0472. The number of para-hydroxylation sites is 1. The molecule has 1 aromatic carbocycles. The first-order valence-corrected chi connectivity index (χ1v) is 5.96. The summed E-state index contributed by atoms with van der Waals surface area (Å²) < 4.78 is 10.9. The number of hydrogen-bond donors (Lipinski definition) is 1. The first kappa shape index (κ1) is 12.6. The Hall–Kier alpha value is -1.88. The number of rotatable bonds is 5. The van der Waals surface area contributed by atoms with E-state index in [9.17, 15) is 0 Å². The van der Waals surface area contributed by atoms with Crippen molar-refractivity contribution in [2.75, 3.05) is 13.7 Å². The molecule has 0 radical (unpaired) electrons. The second-order valence-corrected chi connectivity index (χ2v) is 3.93. The van der Waals surface area contributed by atoms with Crippen LogP contribution in [0.2, 0.25) is 0 Å². The average Bonchev–Trinajstić information content (AvgIpc) is 2.88. The molecule has 0 saturated heterocycles. The smallest absolute Gasteiger partial charge is 0.251 e. The van der Waals surface area contributed by atoms with Crippen LogP contribution >= 0.6 is 0 Å². The van der Waals surface area contributed by atoms with Gasteiger partial charge < -0.3 is 14.5 Å². The molecule has 0 spiro atoms. The van der Waals surface area contributed by atoms with Crippen LogP contribution in [0.3, 0.4) is 0 Å². The Kier molecular flexibility index (Phi) is 3.94. The Bertz CT molecular complexity index is 510. The van der Waals surface area contributed by atoms with E-state index in [2.05, 4.69) is 15.5 Å². The van der Waals surface area contributed by atoms with Gasteiger partial charge in [-0.05, 0) is 25.6 Å². The molecule has 0 bridgehead atoms. The van der Waals surface area contributed by atoms with Crippen LogP contribution in [0.25, 0.3) is 11.5 Å². The van der Waals surface area contributed by atoms with Crippen LogP contribution in [0.4, 0.5) is 0 Å². The second-order valence-electron chi connectivity index (χ2n) is 3.93. The highest BCUT2D eigenvalue weighted by atomic mass is 16.5. The molecule has 1 aromatic heterocycles. The number of benzene rings is 1. The molecule has 5 heteroatoms. The summed E-state index contributed by atoms with van der Waals surface area (Å²) in [6.07, 6.45) is 0. The van der Waals surface area contributed by atoms with Crippen molar-refractivity contribution in [2.45, 2.75) is 19.9 Å². The summed E-state index contributed by atoms with van der Waals surface area (Å²) >= 11 is 0. The lowest BCUT2D eigenvalue weighted by Crippen LogP contribution is -2.17. The molecule has 1 N–H and O–H groups in total. The molecule has 0 aliphatic carbocycles. The highest BCUT2D eigenvalue weighted by molar-refractivity contribution is 5.62. The lowest BCUT2D eigenvalue weighted by molar-refractivity contribution is 0.408. The van der Waals surface area contributed by atoms with Gasteiger partial charge in [0.25, 0.3) is 5.89 Å². The number of nitrogens with zero attached hydrogens (tertiary/aromatic N) is 2. The lowest BCUT2D eigenvalue weighted by Gasteiger charge is -2.06. The maximum atomic E-state index is 5.66. The third-order valence-electron chi connectivity index (χ3n) is 2.66. The Morgan fingerprint density at radius 1 is 1.33 bits per heavy atom. The molecular formula is C13H17N3O2. The van der Waals surface area contributed by atoms with E-state index >= 15 is 0 Å². The number of aromatic nitrogens is 2. The molecule has 18 heavy (non-hydrogen) atoms. The van der Waals surface area contributed by atoms with Crippen molar-refractivity contribution in [2.24, 2.45) is 0 Å². The van der Waals surface area contributed by atoms with Gasteiger partial charge in [-0.25, -0.2) is 0 Å². The molecule has 1 unspecified atom stereocenters. The van der Waals surface area contributed by atoms with Crippen molar-refractivity contribution >= 4 is 0 Å². The van der Waals surface area contributed by atoms with E-state index in [0.717, 1.165) is 17.9 Å². The summed E-state index contributed by atoms with van der Waals surface area (Å²) in [6, 6.07) is 7.63. The van der Waals surface area contributed by atoms with E-state index < -0.39 is 0 Å². The monoisotopic (exact) mass is 247 g/mol. The zero-order chi connectivity index (χ0) is 13.0. The van der Waals surface area contributed by atoms with E-state index in [1.54, 1.807) is 7.11 Å². The van der Waals surface area contributed by atoms with Gasteiger partial charge in [0.1, 0.15) is 5.75 Å². The molecule has 2 aromatic rings. The fourth-order valence-corrected chi connectivity index (χ4v) is 1.73. The fraction of sp³-hybridized carbons (Fsp3) is 0.385. The summed E-state index contributed by atoms with van der Waals surface area (Å²) in [4.78, 5) is 0. The van der Waals surface area contributed by atoms with E-state index in [1.165, 1.54) is 0 Å². The summed E-state index contributed by atoms with van der Waals surface area (Å²) in [5.74, 6) is 1.79. The normalized spacial score (nSPS) is 12.4. The van der Waals surface area contributed by atoms with E-state index in [0.29, 0.717) is 11.8 Å². The lowest BCUT2D eigenvalue weighted by atomic mass is 10.2. The Morgan fingerprint density at radius 3 is 2.83 bits per heavy atom. The predicted octanol–water partition coefficient (Wildman–Crippen LogP) is 2.42. The summed E-state index contributed by atoms with van der Waals surface area (Å²) in [7, 11) is 1.62. The summed E-state index contributed by atoms with van der Waals surface area (Å²) in [5.41, 5.74) is 0.808. The largest absolute Gasteiger partial charge is 0.496 e. The van der Waals surface area contributed by atoms with Crippen molar-refractivity contribution in [3.05, 3.63) is 30.2 Å². The zero-order valence-electron chi connectivity index (χ0n) is 10.8. The van der Waals surface area contributed by atoms with Crippen molar-refractivity contribution in [3.63, 3.8) is 0 Å². The van der Waals surface area contributed by atoms with Crippen LogP contribution in [0.1, 0.15) is 25.8 Å². The van der Waals surface area contributed by atoms with Crippen LogP contribution in [-0.2, 0) is 0 Å². The van der Waals surface area contributed by atoms with Crippen LogP contribution in [0, 0.1) is 0 Å². The minimum absolute atomic E-state index is 0.0472. The molecular weight excluding hydrogens is 230 g/mol. The topological polar surface area (TPSA) is 60.2 Å². The highest BCUT2D eigenvalue weighted by Gasteiger charge is 2.16. The summed E-state index contributed by atoms with van der Waals surface area (Å²) in [5, 5.41) is 11.3. The average molecular weight is 247 g/mol. The van der Waals surface area contributed by atoms with Crippen molar-refractivity contribution in [1.82, 2.24) is 15.5 Å². The first-order chi connectivity index (χ1) is 8.76. The van der Waals surface area contributed by atoms with Gasteiger partial charge in [0, 0.05) is 0 Å². The number of ether oxygens (including phenoxy) is 1. The van der Waals surface area contributed by atoms with Crippen molar-refractivity contribution in [1.29, 1.82) is 0 Å². The molecule has 5 nitrogen and oxygen atoms in total. The third-order valence-corrected chi connectivity index (χ3v) is 2.66. The second kappa shape index (κ2) is 5.64. The molecule has 0 aliphatic rings. The molecule has 1 atom stereocenters. The highest BCUT2D eigenvalue weighted by Crippen LogP contribution is 2.29. The van der Waals surface area contributed by atoms with E-state index in [4.69, 9.17) is 9.15 Å². The number of nitrogens with one attached hydrogen (secondary N) is 1. The zero-order valence-corrected chi connectivity index (χ0v) is 10.8. The molecule has 96 valence electrons. The first-order valence-electron chi connectivity index (χ1n) is 5.96. The van der Waals surface area contributed by atoms with Gasteiger partial charge in [-0.1, -0.05) is 19.1 Å². The minimum Gasteiger partial charge on any atom is -0.496 e. The molecule has 0 amide bonds. The van der Waals surface area contributed by atoms with Crippen molar-refractivity contribution < 1.29 is 9.15 Å². The maximum absolute atomic E-state index is 5.66. The van der Waals surface area contributed by atoms with Crippen LogP contribution in [-0.4, -0.2) is 23.9 Å². The Morgan fingerprint density at radius 2 is 2.11 bits per heavy atom. The quantitative estimate of drug-likeness (QED) is 0.879. The van der Waals surface area contributed by atoms with Gasteiger partial charge in [0.05, 0.1) is 18.7 Å². The Balaban J connectivity index is 2.29. The summed E-state index contributed by atoms with van der Waals surface area (Å²) in [6.45, 7) is 4.88. The third kappa shape index (κ3) is 2.51. The molecule has 2 rings (SSSR count). The van der Waals surface area contributed by atoms with Gasteiger partial charge in [-0.15, -0.1) is 10.2 Å². The van der Waals surface area contributed by atoms with Crippen LogP contribution in [0.5, 0.6) is 5.75 Å². The van der Waals surface area contributed by atoms with Gasteiger partial charge in [-0.3, -0.25) is 0 Å². The van der Waals surface area contributed by atoms with Gasteiger partial charge >= 0.3 is 0 Å². The van der Waals surface area contributed by atoms with Crippen molar-refractivity contribution in [3.8, 4) is 17.2 Å². The van der Waals surface area contributed by atoms with Gasteiger partial charge in [0.15, 0.2) is 0 Å². The molecule has 0 fully saturated rings. The van der Waals surface area contributed by atoms with Crippen LogP contribution in [0.15, 0.2) is 28.7 Å². The molecule has 0 aliphatic heterocycles. The van der Waals surface area contributed by atoms with Crippen LogP contribution < -0.4 is 10.1 Å².